The quantitative estimate of drug-likeness (QED) is 0.0262. The van der Waals surface area contributed by atoms with E-state index >= 15 is 0 Å². The summed E-state index contributed by atoms with van der Waals surface area (Å²) in [4.78, 5) is 38.1. The van der Waals surface area contributed by atoms with Gasteiger partial charge in [-0.1, -0.05) is 226 Å². The van der Waals surface area contributed by atoms with Crippen LogP contribution in [0.3, 0.4) is 0 Å². The second-order valence-corrected chi connectivity index (χ2v) is 18.5. The van der Waals surface area contributed by atoms with Crippen LogP contribution in [0.5, 0.6) is 0 Å². The number of rotatable bonds is 50. The van der Waals surface area contributed by atoms with E-state index in [1.54, 1.807) is 0 Å². The number of esters is 3. The second-order valence-electron chi connectivity index (χ2n) is 18.5. The Morgan fingerprint density at radius 3 is 0.986 bits per heavy atom. The van der Waals surface area contributed by atoms with Gasteiger partial charge in [0.05, 0.1) is 0 Å². The Hall–Kier alpha value is -4.19. The summed E-state index contributed by atoms with van der Waals surface area (Å²) in [7, 11) is 0. The summed E-state index contributed by atoms with van der Waals surface area (Å²) in [5.74, 6) is -1.02. The van der Waals surface area contributed by atoms with Gasteiger partial charge in [0.15, 0.2) is 6.10 Å². The van der Waals surface area contributed by atoms with Crippen LogP contribution in [0, 0.1) is 0 Å². The first-order chi connectivity index (χ1) is 34.5. The molecular formula is C64H104O6. The van der Waals surface area contributed by atoms with Crippen molar-refractivity contribution in [3.05, 3.63) is 122 Å². The highest BCUT2D eigenvalue weighted by molar-refractivity contribution is 5.71. The Labute approximate surface area is 431 Å². The number of unbranched alkanes of at least 4 members (excludes halogenated alkanes) is 19. The van der Waals surface area contributed by atoms with E-state index < -0.39 is 6.10 Å². The van der Waals surface area contributed by atoms with E-state index in [1.165, 1.54) is 83.5 Å². The van der Waals surface area contributed by atoms with E-state index in [-0.39, 0.29) is 37.5 Å². The Morgan fingerprint density at radius 1 is 0.300 bits per heavy atom. The minimum absolute atomic E-state index is 0.115. The zero-order chi connectivity index (χ0) is 50.7. The fraction of sp³-hybridized carbons (Fsp3) is 0.641. The van der Waals surface area contributed by atoms with Crippen molar-refractivity contribution in [2.24, 2.45) is 0 Å². The molecule has 0 radical (unpaired) electrons. The number of hydrogen-bond acceptors (Lipinski definition) is 6. The van der Waals surface area contributed by atoms with Crippen LogP contribution in [0.1, 0.15) is 245 Å². The van der Waals surface area contributed by atoms with Gasteiger partial charge in [0.2, 0.25) is 0 Å². The summed E-state index contributed by atoms with van der Waals surface area (Å²) in [6.45, 7) is 6.40. The number of carbonyl (C=O) groups is 3. The van der Waals surface area contributed by atoms with Crippen molar-refractivity contribution in [3.63, 3.8) is 0 Å². The third-order valence-corrected chi connectivity index (χ3v) is 11.7. The zero-order valence-electron chi connectivity index (χ0n) is 45.2. The first-order valence-corrected chi connectivity index (χ1v) is 28.5. The Bertz CT molecular complexity index is 1490. The van der Waals surface area contributed by atoms with Gasteiger partial charge in [-0.25, -0.2) is 0 Å². The van der Waals surface area contributed by atoms with Crippen LogP contribution in [-0.4, -0.2) is 37.2 Å². The average molecular weight is 970 g/mol. The molecule has 0 saturated heterocycles. The van der Waals surface area contributed by atoms with Crippen LogP contribution in [-0.2, 0) is 28.6 Å². The molecule has 0 aromatic rings. The molecule has 0 aliphatic heterocycles. The lowest BCUT2D eigenvalue weighted by molar-refractivity contribution is -0.166. The standard InChI is InChI=1S/C64H104O6/c1-4-7-10-13-16-19-22-25-28-31-32-34-36-39-42-45-48-51-54-57-63(66)69-60-61(59-68-62(65)56-53-50-47-44-41-38-35-30-27-24-21-18-15-12-9-6-3)70-64(67)58-55-52-49-46-43-40-37-33-29-26-23-20-17-14-11-8-5-2/h7,10,16-17,19-21,24-26,28-30,32,34-35,39,42,48,51,61H,4-6,8-9,11-15,18,22-23,27,31,33,36-38,40-41,43-47,49-50,52-60H2,1-3H3/b10-7-,19-16-,20-17-,24-21-,28-25-,29-26-,34-32-,35-30-,42-39-,51-48-. The maximum atomic E-state index is 12.9. The van der Waals surface area contributed by atoms with Gasteiger partial charge >= 0.3 is 17.9 Å². The minimum Gasteiger partial charge on any atom is -0.462 e. The molecule has 0 aromatic heterocycles. The van der Waals surface area contributed by atoms with E-state index in [2.05, 4.69) is 136 Å². The molecule has 0 amide bonds. The molecule has 396 valence electrons. The SMILES string of the molecule is CC/C=C\C/C=C\C/C=C\C/C=C\C/C=C\C/C=C\CCC(=O)OCC(COC(=O)CCCCCCC/C=C\C/C=C\CCCCCC)OC(=O)CCCCCCCCC/C=C\C/C=C\CCCCC. The highest BCUT2D eigenvalue weighted by Crippen LogP contribution is 2.13. The first-order valence-electron chi connectivity index (χ1n) is 28.5. The maximum Gasteiger partial charge on any atom is 0.306 e. The van der Waals surface area contributed by atoms with Crippen LogP contribution in [0.15, 0.2) is 122 Å². The largest absolute Gasteiger partial charge is 0.462 e. The van der Waals surface area contributed by atoms with Crippen molar-refractivity contribution in [1.82, 2.24) is 0 Å². The van der Waals surface area contributed by atoms with Gasteiger partial charge in [0, 0.05) is 19.3 Å². The van der Waals surface area contributed by atoms with Gasteiger partial charge in [-0.2, -0.15) is 0 Å². The summed E-state index contributed by atoms with van der Waals surface area (Å²) in [6.07, 6.45) is 79.1. The van der Waals surface area contributed by atoms with E-state index in [1.807, 2.05) is 6.08 Å². The smallest absolute Gasteiger partial charge is 0.306 e. The third-order valence-electron chi connectivity index (χ3n) is 11.7. The lowest BCUT2D eigenvalue weighted by atomic mass is 10.1. The fourth-order valence-corrected chi connectivity index (χ4v) is 7.41. The van der Waals surface area contributed by atoms with Gasteiger partial charge in [0.1, 0.15) is 13.2 Å². The fourth-order valence-electron chi connectivity index (χ4n) is 7.41. The summed E-state index contributed by atoms with van der Waals surface area (Å²) >= 11 is 0. The highest BCUT2D eigenvalue weighted by atomic mass is 16.6. The Kier molecular flexibility index (Phi) is 54.0. The number of allylic oxidation sites excluding steroid dienone is 20. The van der Waals surface area contributed by atoms with Crippen LogP contribution in [0.4, 0.5) is 0 Å². The molecule has 6 heteroatoms. The molecule has 0 N–H and O–H groups in total. The summed E-state index contributed by atoms with van der Waals surface area (Å²) in [6, 6.07) is 0. The third kappa shape index (κ3) is 54.7. The van der Waals surface area contributed by atoms with Crippen molar-refractivity contribution in [2.75, 3.05) is 13.2 Å². The molecule has 6 nitrogen and oxygen atoms in total. The van der Waals surface area contributed by atoms with E-state index in [9.17, 15) is 14.4 Å². The van der Waals surface area contributed by atoms with Crippen LogP contribution in [0.2, 0.25) is 0 Å². The van der Waals surface area contributed by atoms with Crippen molar-refractivity contribution < 1.29 is 28.6 Å². The zero-order valence-corrected chi connectivity index (χ0v) is 45.2. The molecule has 0 aliphatic rings. The van der Waals surface area contributed by atoms with Crippen LogP contribution < -0.4 is 0 Å². The van der Waals surface area contributed by atoms with E-state index in [4.69, 9.17) is 14.2 Å². The average Bonchev–Trinajstić information content (AvgIpc) is 3.36. The van der Waals surface area contributed by atoms with E-state index in [0.29, 0.717) is 19.3 Å². The van der Waals surface area contributed by atoms with Gasteiger partial charge in [-0.05, 0) is 122 Å². The maximum absolute atomic E-state index is 12.9. The van der Waals surface area contributed by atoms with Crippen molar-refractivity contribution in [3.8, 4) is 0 Å². The van der Waals surface area contributed by atoms with Crippen molar-refractivity contribution in [2.45, 2.75) is 252 Å². The molecule has 0 spiro atoms. The number of hydrogen-bond donors (Lipinski definition) is 0. The Balaban J connectivity index is 4.55. The lowest BCUT2D eigenvalue weighted by Crippen LogP contribution is -2.30. The van der Waals surface area contributed by atoms with Crippen molar-refractivity contribution >= 4 is 17.9 Å². The molecule has 0 heterocycles. The molecular weight excluding hydrogens is 865 g/mol. The summed E-state index contributed by atoms with van der Waals surface area (Å²) in [5, 5.41) is 0. The number of carbonyl (C=O) groups excluding carboxylic acids is 3. The first kappa shape index (κ1) is 65.8. The predicted octanol–water partition coefficient (Wildman–Crippen LogP) is 19.3. The monoisotopic (exact) mass is 969 g/mol. The summed E-state index contributed by atoms with van der Waals surface area (Å²) < 4.78 is 16.8. The topological polar surface area (TPSA) is 78.9 Å². The molecule has 0 fully saturated rings. The second kappa shape index (κ2) is 57.4. The minimum atomic E-state index is -0.823. The highest BCUT2D eigenvalue weighted by Gasteiger charge is 2.19. The van der Waals surface area contributed by atoms with Gasteiger partial charge < -0.3 is 14.2 Å². The predicted molar refractivity (Wildman–Crippen MR) is 302 cm³/mol. The molecule has 70 heavy (non-hydrogen) atoms. The van der Waals surface area contributed by atoms with Crippen LogP contribution >= 0.6 is 0 Å². The molecule has 1 atom stereocenters. The molecule has 0 saturated carbocycles. The summed E-state index contributed by atoms with van der Waals surface area (Å²) in [5.41, 5.74) is 0. The van der Waals surface area contributed by atoms with Crippen molar-refractivity contribution in [1.29, 1.82) is 0 Å². The Morgan fingerprint density at radius 2 is 0.586 bits per heavy atom. The molecule has 0 bridgehead atoms. The van der Waals surface area contributed by atoms with Gasteiger partial charge in [-0.15, -0.1) is 0 Å². The van der Waals surface area contributed by atoms with Gasteiger partial charge in [-0.3, -0.25) is 14.4 Å². The van der Waals surface area contributed by atoms with Crippen LogP contribution in [0.25, 0.3) is 0 Å². The molecule has 0 aromatic carbocycles. The van der Waals surface area contributed by atoms with E-state index in [0.717, 1.165) is 116 Å². The normalized spacial score (nSPS) is 13.0. The molecule has 1 unspecified atom stereocenters. The molecule has 0 rings (SSSR count). The lowest BCUT2D eigenvalue weighted by Gasteiger charge is -2.18. The van der Waals surface area contributed by atoms with Gasteiger partial charge in [0.25, 0.3) is 0 Å². The number of ether oxygens (including phenoxy) is 3. The molecule has 0 aliphatic carbocycles.